The van der Waals surface area contributed by atoms with Gasteiger partial charge in [-0.2, -0.15) is 0 Å². The van der Waals surface area contributed by atoms with E-state index >= 15 is 0 Å². The van der Waals surface area contributed by atoms with Crippen LogP contribution in [-0.4, -0.2) is 0 Å². The van der Waals surface area contributed by atoms with Crippen LogP contribution in [0.1, 0.15) is 0 Å². The van der Waals surface area contributed by atoms with Gasteiger partial charge < -0.3 is 0 Å². The van der Waals surface area contributed by atoms with Gasteiger partial charge >= 0.3 is 0 Å². The first-order valence-corrected chi connectivity index (χ1v) is 17.4. The van der Waals surface area contributed by atoms with Crippen LogP contribution in [0.2, 0.25) is 0 Å². The van der Waals surface area contributed by atoms with E-state index in [1.807, 2.05) is 0 Å². The Morgan fingerprint density at radius 1 is 0.200 bits per heavy atom. The molecule has 0 saturated heterocycles. The van der Waals surface area contributed by atoms with E-state index in [-0.39, 0.29) is 0 Å². The van der Waals surface area contributed by atoms with Gasteiger partial charge in [0.25, 0.3) is 0 Å². The van der Waals surface area contributed by atoms with Crippen LogP contribution in [0.5, 0.6) is 0 Å². The van der Waals surface area contributed by atoms with Crippen molar-refractivity contribution < 1.29 is 0 Å². The SMILES string of the molecule is c1ccc(-c2ccc(-c3ccc4ccc5c(-c6ccc7ccc8cccc9ccc6c7c89)ccc6ccc3c4c65)c(-c3ccccc3)c2)cc1. The Hall–Kier alpha value is -6.50. The molecule has 0 bridgehead atoms. The van der Waals surface area contributed by atoms with Crippen molar-refractivity contribution in [1.82, 2.24) is 0 Å². The highest BCUT2D eigenvalue weighted by Crippen LogP contribution is 2.46. The van der Waals surface area contributed by atoms with Gasteiger partial charge in [0.05, 0.1) is 0 Å². The van der Waals surface area contributed by atoms with E-state index in [1.165, 1.54) is 109 Å². The quantitative estimate of drug-likeness (QED) is 0.170. The highest BCUT2D eigenvalue weighted by Gasteiger charge is 2.19. The molecule has 11 aromatic carbocycles. The summed E-state index contributed by atoms with van der Waals surface area (Å²) in [5.74, 6) is 0. The minimum absolute atomic E-state index is 1.22. The fourth-order valence-electron chi connectivity index (χ4n) is 8.69. The predicted octanol–water partition coefficient (Wildman–Crippen LogP) is 14.1. The molecule has 230 valence electrons. The standard InChI is InChI=1S/C50H30/c1-3-8-31(9-4-1)38-22-26-42(46(30-38)32-10-5-2-6-11-32)41-25-18-37-20-28-44-40(24-17-36-21-29-45(41)50(37)49(36)44)39-23-16-35-15-14-33-12-7-13-34-19-27-43(39)48(35)47(33)34/h1-30H. The van der Waals surface area contributed by atoms with Crippen LogP contribution in [0, 0.1) is 0 Å². The molecule has 0 aliphatic carbocycles. The molecule has 50 heavy (non-hydrogen) atoms. The zero-order valence-corrected chi connectivity index (χ0v) is 27.3. The smallest absolute Gasteiger partial charge is 0.00203 e. The number of rotatable bonds is 4. The van der Waals surface area contributed by atoms with Gasteiger partial charge in [0, 0.05) is 0 Å². The van der Waals surface area contributed by atoms with Gasteiger partial charge in [0.15, 0.2) is 0 Å². The first-order valence-electron chi connectivity index (χ1n) is 17.4. The Bertz CT molecular complexity index is 3040. The van der Waals surface area contributed by atoms with Crippen LogP contribution in [-0.2, 0) is 0 Å². The Kier molecular flexibility index (Phi) is 5.76. The van der Waals surface area contributed by atoms with Crippen molar-refractivity contribution in [1.29, 1.82) is 0 Å². The lowest BCUT2D eigenvalue weighted by Gasteiger charge is -2.19. The van der Waals surface area contributed by atoms with Gasteiger partial charge in [0.1, 0.15) is 0 Å². The monoisotopic (exact) mass is 630 g/mol. The summed E-state index contributed by atoms with van der Waals surface area (Å²) >= 11 is 0. The van der Waals surface area contributed by atoms with Gasteiger partial charge in [-0.25, -0.2) is 0 Å². The zero-order chi connectivity index (χ0) is 32.8. The molecule has 11 aromatic rings. The second-order valence-electron chi connectivity index (χ2n) is 13.6. The molecule has 0 fully saturated rings. The maximum absolute atomic E-state index is 2.37. The van der Waals surface area contributed by atoms with E-state index < -0.39 is 0 Å². The molecule has 11 rings (SSSR count). The minimum Gasteiger partial charge on any atom is -0.0622 e. The van der Waals surface area contributed by atoms with Crippen molar-refractivity contribution in [3.05, 3.63) is 182 Å². The van der Waals surface area contributed by atoms with Crippen molar-refractivity contribution in [3.63, 3.8) is 0 Å². The van der Waals surface area contributed by atoms with Crippen molar-refractivity contribution in [3.8, 4) is 44.5 Å². The van der Waals surface area contributed by atoms with Crippen LogP contribution >= 0.6 is 0 Å². The van der Waals surface area contributed by atoms with Crippen molar-refractivity contribution in [2.24, 2.45) is 0 Å². The fraction of sp³-hybridized carbons (Fsp3) is 0. The van der Waals surface area contributed by atoms with Crippen LogP contribution in [0.25, 0.3) is 109 Å². The Balaban J connectivity index is 1.17. The molecular weight excluding hydrogens is 601 g/mol. The average Bonchev–Trinajstić information content (AvgIpc) is 3.19. The zero-order valence-electron chi connectivity index (χ0n) is 27.3. The number of benzene rings is 11. The summed E-state index contributed by atoms with van der Waals surface area (Å²) in [5, 5.41) is 15.7. The molecular formula is C50H30. The maximum Gasteiger partial charge on any atom is -0.00203 e. The van der Waals surface area contributed by atoms with Crippen LogP contribution in [0.3, 0.4) is 0 Å². The third-order valence-corrected chi connectivity index (χ3v) is 11.0. The molecule has 0 aromatic heterocycles. The van der Waals surface area contributed by atoms with Crippen molar-refractivity contribution in [2.75, 3.05) is 0 Å². The van der Waals surface area contributed by atoms with Crippen LogP contribution < -0.4 is 0 Å². The summed E-state index contributed by atoms with van der Waals surface area (Å²) in [6.07, 6.45) is 0. The average molecular weight is 631 g/mol. The molecule has 0 saturated carbocycles. The van der Waals surface area contributed by atoms with Gasteiger partial charge in [-0.1, -0.05) is 176 Å². The number of hydrogen-bond donors (Lipinski definition) is 0. The Morgan fingerprint density at radius 2 is 0.600 bits per heavy atom. The summed E-state index contributed by atoms with van der Waals surface area (Å²) in [6.45, 7) is 0. The van der Waals surface area contributed by atoms with E-state index in [1.54, 1.807) is 0 Å². The van der Waals surface area contributed by atoms with E-state index in [2.05, 4.69) is 182 Å². The molecule has 0 heteroatoms. The van der Waals surface area contributed by atoms with E-state index in [0.717, 1.165) is 0 Å². The molecule has 0 radical (unpaired) electrons. The summed E-state index contributed by atoms with van der Waals surface area (Å²) in [4.78, 5) is 0. The molecule has 0 unspecified atom stereocenters. The molecule has 0 spiro atoms. The molecule has 0 nitrogen and oxygen atoms in total. The molecule has 0 N–H and O–H groups in total. The second kappa shape index (κ2) is 10.5. The van der Waals surface area contributed by atoms with Crippen molar-refractivity contribution >= 4 is 64.6 Å². The first kappa shape index (κ1) is 27.5. The Morgan fingerprint density at radius 3 is 1.14 bits per heavy atom. The van der Waals surface area contributed by atoms with E-state index in [9.17, 15) is 0 Å². The Labute approximate surface area is 290 Å². The third kappa shape index (κ3) is 3.94. The van der Waals surface area contributed by atoms with Crippen LogP contribution in [0.4, 0.5) is 0 Å². The summed E-state index contributed by atoms with van der Waals surface area (Å²) in [5.41, 5.74) is 10.0. The molecule has 0 heterocycles. The lowest BCUT2D eigenvalue weighted by atomic mass is 9.84. The largest absolute Gasteiger partial charge is 0.0622 e. The second-order valence-corrected chi connectivity index (χ2v) is 13.6. The topological polar surface area (TPSA) is 0 Å². The van der Waals surface area contributed by atoms with Gasteiger partial charge in [-0.05, 0) is 115 Å². The number of hydrogen-bond acceptors (Lipinski definition) is 0. The van der Waals surface area contributed by atoms with Gasteiger partial charge in [-0.3, -0.25) is 0 Å². The summed E-state index contributed by atoms with van der Waals surface area (Å²) < 4.78 is 0. The van der Waals surface area contributed by atoms with E-state index in [0.29, 0.717) is 0 Å². The minimum atomic E-state index is 1.22. The normalized spacial score (nSPS) is 12.0. The maximum atomic E-state index is 2.37. The highest BCUT2D eigenvalue weighted by atomic mass is 14.2. The summed E-state index contributed by atoms with van der Waals surface area (Å²) in [7, 11) is 0. The lowest BCUT2D eigenvalue weighted by molar-refractivity contribution is 1.58. The first-order chi connectivity index (χ1) is 24.8. The summed E-state index contributed by atoms with van der Waals surface area (Å²) in [6, 6.07) is 67.6. The van der Waals surface area contributed by atoms with E-state index in [4.69, 9.17) is 0 Å². The molecule has 0 aliphatic rings. The predicted molar refractivity (Wildman–Crippen MR) is 216 cm³/mol. The van der Waals surface area contributed by atoms with Gasteiger partial charge in [-0.15, -0.1) is 0 Å². The van der Waals surface area contributed by atoms with Crippen molar-refractivity contribution in [2.45, 2.75) is 0 Å². The molecule has 0 amide bonds. The fourth-order valence-corrected chi connectivity index (χ4v) is 8.69. The molecule has 0 atom stereocenters. The third-order valence-electron chi connectivity index (χ3n) is 11.0. The highest BCUT2D eigenvalue weighted by molar-refractivity contribution is 6.30. The van der Waals surface area contributed by atoms with Gasteiger partial charge in [0.2, 0.25) is 0 Å². The molecule has 0 aliphatic heterocycles. The van der Waals surface area contributed by atoms with Crippen LogP contribution in [0.15, 0.2) is 182 Å². The lowest BCUT2D eigenvalue weighted by Crippen LogP contribution is -1.92.